The molecule has 2 aromatic heterocycles. The summed E-state index contributed by atoms with van der Waals surface area (Å²) in [7, 11) is 0. The number of nitrogens with zero attached hydrogens (tertiary/aromatic N) is 1. The predicted octanol–water partition coefficient (Wildman–Crippen LogP) is 2.21. The summed E-state index contributed by atoms with van der Waals surface area (Å²) in [6.07, 6.45) is 5.00. The van der Waals surface area contributed by atoms with Crippen molar-refractivity contribution in [3.63, 3.8) is 0 Å². The van der Waals surface area contributed by atoms with Crippen LogP contribution in [-0.2, 0) is 0 Å². The average Bonchev–Trinajstić information content (AvgIpc) is 2.99. The molecule has 0 amide bonds. The van der Waals surface area contributed by atoms with Crippen molar-refractivity contribution in [1.29, 1.82) is 0 Å². The summed E-state index contributed by atoms with van der Waals surface area (Å²) in [4.78, 5) is 0. The van der Waals surface area contributed by atoms with E-state index in [1.807, 2.05) is 18.2 Å². The van der Waals surface area contributed by atoms with Gasteiger partial charge in [0.2, 0.25) is 0 Å². The molecule has 0 aliphatic carbocycles. The first kappa shape index (κ1) is 11.7. The van der Waals surface area contributed by atoms with Crippen molar-refractivity contribution in [1.82, 2.24) is 10.2 Å². The molecule has 5 heteroatoms. The number of hydrogen-bond donors (Lipinski definition) is 3. The molecule has 0 spiro atoms. The van der Waals surface area contributed by atoms with E-state index in [2.05, 4.69) is 15.5 Å². The third kappa shape index (κ3) is 3.35. The molecular weight excluding hydrogens is 216 g/mol. The second-order valence-corrected chi connectivity index (χ2v) is 3.92. The SMILES string of the molecule is NCCCCCNc1cc(-c2ccco2)[nH]n1. The third-order valence-electron chi connectivity index (χ3n) is 2.55. The van der Waals surface area contributed by atoms with Crippen LogP contribution in [0.1, 0.15) is 19.3 Å². The maximum absolute atomic E-state index is 5.43. The van der Waals surface area contributed by atoms with Gasteiger partial charge in [-0.1, -0.05) is 6.42 Å². The average molecular weight is 234 g/mol. The molecule has 92 valence electrons. The first-order valence-corrected chi connectivity index (χ1v) is 5.93. The number of aromatic nitrogens is 2. The van der Waals surface area contributed by atoms with E-state index in [1.165, 1.54) is 0 Å². The number of unbranched alkanes of at least 4 members (excludes halogenated alkanes) is 2. The number of hydrogen-bond acceptors (Lipinski definition) is 4. The van der Waals surface area contributed by atoms with Gasteiger partial charge in [-0.15, -0.1) is 0 Å². The van der Waals surface area contributed by atoms with Crippen LogP contribution in [0.2, 0.25) is 0 Å². The normalized spacial score (nSPS) is 10.6. The molecule has 0 saturated heterocycles. The Morgan fingerprint density at radius 3 is 3.06 bits per heavy atom. The van der Waals surface area contributed by atoms with Gasteiger partial charge >= 0.3 is 0 Å². The van der Waals surface area contributed by atoms with Crippen LogP contribution in [0.5, 0.6) is 0 Å². The van der Waals surface area contributed by atoms with E-state index in [0.29, 0.717) is 0 Å². The fourth-order valence-electron chi connectivity index (χ4n) is 1.63. The predicted molar refractivity (Wildman–Crippen MR) is 67.7 cm³/mol. The minimum atomic E-state index is 0.769. The van der Waals surface area contributed by atoms with Crippen molar-refractivity contribution in [2.75, 3.05) is 18.4 Å². The van der Waals surface area contributed by atoms with Crippen molar-refractivity contribution >= 4 is 5.82 Å². The van der Waals surface area contributed by atoms with E-state index in [0.717, 1.165) is 49.6 Å². The van der Waals surface area contributed by atoms with Crippen molar-refractivity contribution in [3.05, 3.63) is 24.5 Å². The molecule has 0 aromatic carbocycles. The van der Waals surface area contributed by atoms with Crippen molar-refractivity contribution in [3.8, 4) is 11.5 Å². The van der Waals surface area contributed by atoms with Crippen LogP contribution in [-0.4, -0.2) is 23.3 Å². The quantitative estimate of drug-likeness (QED) is 0.642. The lowest BCUT2D eigenvalue weighted by Gasteiger charge is -2.01. The molecule has 0 aliphatic rings. The van der Waals surface area contributed by atoms with Gasteiger partial charge in [-0.25, -0.2) is 0 Å². The molecule has 0 atom stereocenters. The molecule has 0 radical (unpaired) electrons. The van der Waals surface area contributed by atoms with Gasteiger partial charge in [0, 0.05) is 12.6 Å². The Balaban J connectivity index is 1.79. The summed E-state index contributed by atoms with van der Waals surface area (Å²) in [5.74, 6) is 1.65. The number of rotatable bonds is 7. The highest BCUT2D eigenvalue weighted by Crippen LogP contribution is 2.19. The van der Waals surface area contributed by atoms with Crippen LogP contribution < -0.4 is 11.1 Å². The summed E-state index contributed by atoms with van der Waals surface area (Å²) in [6.45, 7) is 1.69. The topological polar surface area (TPSA) is 79.9 Å². The van der Waals surface area contributed by atoms with Crippen LogP contribution in [0.3, 0.4) is 0 Å². The number of nitrogens with two attached hydrogens (primary N) is 1. The number of furan rings is 1. The van der Waals surface area contributed by atoms with E-state index >= 15 is 0 Å². The number of H-pyrrole nitrogens is 1. The van der Waals surface area contributed by atoms with Gasteiger partial charge in [-0.3, -0.25) is 5.10 Å². The second-order valence-electron chi connectivity index (χ2n) is 3.92. The van der Waals surface area contributed by atoms with Crippen molar-refractivity contribution < 1.29 is 4.42 Å². The summed E-state index contributed by atoms with van der Waals surface area (Å²) < 4.78 is 5.28. The minimum Gasteiger partial charge on any atom is -0.463 e. The number of nitrogens with one attached hydrogen (secondary N) is 2. The van der Waals surface area contributed by atoms with E-state index in [4.69, 9.17) is 10.2 Å². The van der Waals surface area contributed by atoms with Crippen LogP contribution in [0, 0.1) is 0 Å². The van der Waals surface area contributed by atoms with E-state index in [9.17, 15) is 0 Å². The van der Waals surface area contributed by atoms with Gasteiger partial charge in [0.1, 0.15) is 11.5 Å². The Labute approximate surface area is 100 Å². The fourth-order valence-corrected chi connectivity index (χ4v) is 1.63. The summed E-state index contributed by atoms with van der Waals surface area (Å²) in [5.41, 5.74) is 6.32. The molecule has 5 nitrogen and oxygen atoms in total. The van der Waals surface area contributed by atoms with E-state index in [1.54, 1.807) is 6.26 Å². The van der Waals surface area contributed by atoms with Gasteiger partial charge < -0.3 is 15.5 Å². The van der Waals surface area contributed by atoms with E-state index < -0.39 is 0 Å². The lowest BCUT2D eigenvalue weighted by molar-refractivity contribution is 0.580. The molecule has 0 fully saturated rings. The Bertz CT molecular complexity index is 421. The smallest absolute Gasteiger partial charge is 0.151 e. The highest BCUT2D eigenvalue weighted by molar-refractivity contribution is 5.56. The third-order valence-corrected chi connectivity index (χ3v) is 2.55. The maximum atomic E-state index is 5.43. The Morgan fingerprint density at radius 2 is 2.29 bits per heavy atom. The molecule has 0 saturated carbocycles. The van der Waals surface area contributed by atoms with Gasteiger partial charge in [0.15, 0.2) is 5.76 Å². The minimum absolute atomic E-state index is 0.769. The van der Waals surface area contributed by atoms with Gasteiger partial charge in [0.25, 0.3) is 0 Å². The molecule has 2 aromatic rings. The molecular formula is C12H18N4O. The van der Waals surface area contributed by atoms with Crippen LogP contribution in [0.4, 0.5) is 5.82 Å². The van der Waals surface area contributed by atoms with E-state index in [-0.39, 0.29) is 0 Å². The van der Waals surface area contributed by atoms with Crippen LogP contribution >= 0.6 is 0 Å². The standard InChI is InChI=1S/C12H18N4O/c13-6-2-1-3-7-14-12-9-10(15-16-12)11-5-4-8-17-11/h4-5,8-9H,1-3,6-7,13H2,(H2,14,15,16). The molecule has 4 N–H and O–H groups in total. The Hall–Kier alpha value is -1.75. The Morgan fingerprint density at radius 1 is 1.35 bits per heavy atom. The first-order valence-electron chi connectivity index (χ1n) is 5.93. The highest BCUT2D eigenvalue weighted by atomic mass is 16.3. The van der Waals surface area contributed by atoms with Crippen LogP contribution in [0.15, 0.2) is 28.9 Å². The largest absolute Gasteiger partial charge is 0.463 e. The molecule has 2 rings (SSSR count). The second kappa shape index (κ2) is 6.10. The monoisotopic (exact) mass is 234 g/mol. The number of anilines is 1. The van der Waals surface area contributed by atoms with Crippen molar-refractivity contribution in [2.24, 2.45) is 5.73 Å². The molecule has 17 heavy (non-hydrogen) atoms. The van der Waals surface area contributed by atoms with Gasteiger partial charge in [-0.05, 0) is 31.5 Å². The fraction of sp³-hybridized carbons (Fsp3) is 0.417. The molecule has 0 aliphatic heterocycles. The zero-order valence-electron chi connectivity index (χ0n) is 9.78. The molecule has 0 unspecified atom stereocenters. The summed E-state index contributed by atoms with van der Waals surface area (Å²) >= 11 is 0. The molecule has 0 bridgehead atoms. The van der Waals surface area contributed by atoms with Gasteiger partial charge in [-0.2, -0.15) is 5.10 Å². The zero-order chi connectivity index (χ0) is 11.9. The summed E-state index contributed by atoms with van der Waals surface area (Å²) in [5, 5.41) is 10.4. The lowest BCUT2D eigenvalue weighted by atomic mass is 10.2. The highest BCUT2D eigenvalue weighted by Gasteiger charge is 2.04. The van der Waals surface area contributed by atoms with Crippen LogP contribution in [0.25, 0.3) is 11.5 Å². The number of aromatic amines is 1. The first-order chi connectivity index (χ1) is 8.40. The lowest BCUT2D eigenvalue weighted by Crippen LogP contribution is -2.03. The van der Waals surface area contributed by atoms with Crippen molar-refractivity contribution in [2.45, 2.75) is 19.3 Å². The zero-order valence-corrected chi connectivity index (χ0v) is 9.78. The maximum Gasteiger partial charge on any atom is 0.151 e. The summed E-state index contributed by atoms with van der Waals surface area (Å²) in [6, 6.07) is 5.70. The molecule has 2 heterocycles. The Kier molecular flexibility index (Phi) is 4.21. The van der Waals surface area contributed by atoms with Gasteiger partial charge in [0.05, 0.1) is 6.26 Å².